The summed E-state index contributed by atoms with van der Waals surface area (Å²) >= 11 is 0. The third-order valence-corrected chi connectivity index (χ3v) is 3.41. The molecule has 1 fully saturated rings. The van der Waals surface area contributed by atoms with Gasteiger partial charge in [-0.2, -0.15) is 0 Å². The zero-order valence-corrected chi connectivity index (χ0v) is 10.3. The molecule has 0 aliphatic carbocycles. The Bertz CT molecular complexity index is 312. The number of hydrogen-bond acceptors (Lipinski definition) is 2. The van der Waals surface area contributed by atoms with Gasteiger partial charge in [0, 0.05) is 18.6 Å². The van der Waals surface area contributed by atoms with Crippen molar-refractivity contribution in [2.75, 3.05) is 13.1 Å². The van der Waals surface area contributed by atoms with Crippen LogP contribution in [0.1, 0.15) is 36.9 Å². The van der Waals surface area contributed by atoms with Crippen LogP contribution in [-0.4, -0.2) is 19.1 Å². The molecule has 1 aromatic rings. The monoisotopic (exact) mass is 218 g/mol. The highest BCUT2D eigenvalue weighted by atomic mass is 15.0. The van der Waals surface area contributed by atoms with Gasteiger partial charge < -0.3 is 10.6 Å². The fourth-order valence-electron chi connectivity index (χ4n) is 2.22. The summed E-state index contributed by atoms with van der Waals surface area (Å²) in [4.78, 5) is 0. The molecule has 0 spiro atoms. The molecule has 2 nitrogen and oxygen atoms in total. The molecule has 1 heterocycles. The highest BCUT2D eigenvalue weighted by Gasteiger charge is 2.14. The smallest absolute Gasteiger partial charge is 0.0292 e. The maximum Gasteiger partial charge on any atom is 0.0292 e. The first kappa shape index (κ1) is 11.6. The van der Waals surface area contributed by atoms with Crippen LogP contribution < -0.4 is 10.6 Å². The molecule has 2 heteroatoms. The molecule has 2 rings (SSSR count). The lowest BCUT2D eigenvalue weighted by molar-refractivity contribution is 0.490. The van der Waals surface area contributed by atoms with Gasteiger partial charge in [0.05, 0.1) is 0 Å². The molecule has 16 heavy (non-hydrogen) atoms. The van der Waals surface area contributed by atoms with Crippen molar-refractivity contribution in [2.45, 2.75) is 38.8 Å². The molecule has 1 saturated heterocycles. The topological polar surface area (TPSA) is 24.1 Å². The summed E-state index contributed by atoms with van der Waals surface area (Å²) in [7, 11) is 0. The van der Waals surface area contributed by atoms with Crippen LogP contribution >= 0.6 is 0 Å². The molecule has 0 bridgehead atoms. The zero-order valence-electron chi connectivity index (χ0n) is 10.3. The number of hydrogen-bond donors (Lipinski definition) is 2. The maximum atomic E-state index is 3.60. The average Bonchev–Trinajstić information content (AvgIpc) is 2.80. The Hall–Kier alpha value is -0.860. The van der Waals surface area contributed by atoms with Crippen LogP contribution in [0.4, 0.5) is 0 Å². The molecule has 1 aromatic carbocycles. The van der Waals surface area contributed by atoms with Crippen molar-refractivity contribution < 1.29 is 0 Å². The Morgan fingerprint density at radius 2 is 2.12 bits per heavy atom. The summed E-state index contributed by atoms with van der Waals surface area (Å²) in [5.41, 5.74) is 2.71. The third-order valence-electron chi connectivity index (χ3n) is 3.41. The Labute approximate surface area is 98.4 Å². The van der Waals surface area contributed by atoms with Crippen molar-refractivity contribution in [3.8, 4) is 0 Å². The van der Waals surface area contributed by atoms with Gasteiger partial charge in [0.2, 0.25) is 0 Å². The van der Waals surface area contributed by atoms with Gasteiger partial charge >= 0.3 is 0 Å². The maximum absolute atomic E-state index is 3.60. The first-order valence-corrected chi connectivity index (χ1v) is 6.29. The van der Waals surface area contributed by atoms with Crippen molar-refractivity contribution >= 4 is 0 Å². The minimum Gasteiger partial charge on any atom is -0.313 e. The van der Waals surface area contributed by atoms with Crippen molar-refractivity contribution in [1.29, 1.82) is 0 Å². The van der Waals surface area contributed by atoms with Gasteiger partial charge in [0.15, 0.2) is 0 Å². The number of benzene rings is 1. The van der Waals surface area contributed by atoms with Crippen LogP contribution in [-0.2, 0) is 0 Å². The molecule has 2 N–H and O–H groups in total. The minimum atomic E-state index is 0.447. The summed E-state index contributed by atoms with van der Waals surface area (Å²) in [5.74, 6) is 0. The van der Waals surface area contributed by atoms with E-state index in [0.29, 0.717) is 12.1 Å². The molecule has 1 aliphatic rings. The molecular formula is C14H22N2. The van der Waals surface area contributed by atoms with Gasteiger partial charge in [0.25, 0.3) is 0 Å². The Morgan fingerprint density at radius 1 is 1.38 bits per heavy atom. The summed E-state index contributed by atoms with van der Waals surface area (Å²) in [6.45, 7) is 6.63. The van der Waals surface area contributed by atoms with Gasteiger partial charge in [-0.15, -0.1) is 0 Å². The van der Waals surface area contributed by atoms with Crippen molar-refractivity contribution in [3.05, 3.63) is 35.4 Å². The lowest BCUT2D eigenvalue weighted by Crippen LogP contribution is -2.35. The minimum absolute atomic E-state index is 0.447. The normalized spacial score (nSPS) is 22.2. The molecule has 2 atom stereocenters. The third kappa shape index (κ3) is 3.06. The Kier molecular flexibility index (Phi) is 3.97. The molecule has 1 aliphatic heterocycles. The predicted molar refractivity (Wildman–Crippen MR) is 68.6 cm³/mol. The first-order valence-electron chi connectivity index (χ1n) is 6.29. The highest BCUT2D eigenvalue weighted by molar-refractivity contribution is 5.23. The first-order chi connectivity index (χ1) is 7.75. The predicted octanol–water partition coefficient (Wildman–Crippen LogP) is 2.40. The number of nitrogens with one attached hydrogen (secondary N) is 2. The molecular weight excluding hydrogens is 196 g/mol. The second-order valence-electron chi connectivity index (χ2n) is 4.83. The lowest BCUT2D eigenvalue weighted by atomic mass is 10.1. The van der Waals surface area contributed by atoms with Crippen LogP contribution in [0, 0.1) is 6.92 Å². The van der Waals surface area contributed by atoms with E-state index in [2.05, 4.69) is 48.7 Å². The van der Waals surface area contributed by atoms with E-state index in [0.717, 1.165) is 6.54 Å². The zero-order chi connectivity index (χ0) is 11.4. The molecule has 0 saturated carbocycles. The van der Waals surface area contributed by atoms with E-state index in [4.69, 9.17) is 0 Å². The average molecular weight is 218 g/mol. The number of aryl methyl sites for hydroxylation is 1. The second kappa shape index (κ2) is 5.46. The standard InChI is InChI=1S/C14H22N2/c1-11-5-7-13(8-6-11)12(2)16-10-14-4-3-9-15-14/h5-8,12,14-16H,3-4,9-10H2,1-2H3. The van der Waals surface area contributed by atoms with E-state index >= 15 is 0 Å². The second-order valence-corrected chi connectivity index (χ2v) is 4.83. The van der Waals surface area contributed by atoms with Crippen LogP contribution in [0.3, 0.4) is 0 Å². The van der Waals surface area contributed by atoms with Crippen LogP contribution in [0.2, 0.25) is 0 Å². The lowest BCUT2D eigenvalue weighted by Gasteiger charge is -2.18. The largest absolute Gasteiger partial charge is 0.313 e. The molecule has 88 valence electrons. The van der Waals surface area contributed by atoms with E-state index in [-0.39, 0.29) is 0 Å². The quantitative estimate of drug-likeness (QED) is 0.811. The van der Waals surface area contributed by atoms with Gasteiger partial charge in [-0.3, -0.25) is 0 Å². The highest BCUT2D eigenvalue weighted by Crippen LogP contribution is 2.13. The number of rotatable bonds is 4. The Morgan fingerprint density at radius 3 is 2.75 bits per heavy atom. The molecule has 0 aromatic heterocycles. The summed E-state index contributed by atoms with van der Waals surface area (Å²) in [6, 6.07) is 9.92. The van der Waals surface area contributed by atoms with Crippen LogP contribution in [0.15, 0.2) is 24.3 Å². The summed E-state index contributed by atoms with van der Waals surface area (Å²) < 4.78 is 0. The van der Waals surface area contributed by atoms with Crippen LogP contribution in [0.25, 0.3) is 0 Å². The van der Waals surface area contributed by atoms with Crippen molar-refractivity contribution in [1.82, 2.24) is 10.6 Å². The van der Waals surface area contributed by atoms with E-state index in [9.17, 15) is 0 Å². The van der Waals surface area contributed by atoms with E-state index in [1.54, 1.807) is 0 Å². The van der Waals surface area contributed by atoms with E-state index in [1.165, 1.54) is 30.5 Å². The van der Waals surface area contributed by atoms with Gasteiger partial charge in [0.1, 0.15) is 0 Å². The van der Waals surface area contributed by atoms with Gasteiger partial charge in [-0.1, -0.05) is 29.8 Å². The fourth-order valence-corrected chi connectivity index (χ4v) is 2.22. The van der Waals surface area contributed by atoms with E-state index < -0.39 is 0 Å². The SMILES string of the molecule is Cc1ccc(C(C)NCC2CCCN2)cc1. The molecule has 2 unspecified atom stereocenters. The van der Waals surface area contributed by atoms with E-state index in [1.807, 2.05) is 0 Å². The molecule has 0 radical (unpaired) electrons. The van der Waals surface area contributed by atoms with Gasteiger partial charge in [-0.05, 0) is 38.8 Å². The van der Waals surface area contributed by atoms with Crippen molar-refractivity contribution in [3.63, 3.8) is 0 Å². The Balaban J connectivity index is 1.82. The van der Waals surface area contributed by atoms with Crippen LogP contribution in [0.5, 0.6) is 0 Å². The van der Waals surface area contributed by atoms with Crippen molar-refractivity contribution in [2.24, 2.45) is 0 Å². The van der Waals surface area contributed by atoms with Gasteiger partial charge in [-0.25, -0.2) is 0 Å². The molecule has 0 amide bonds. The summed E-state index contributed by atoms with van der Waals surface area (Å²) in [5, 5.41) is 7.11. The fraction of sp³-hybridized carbons (Fsp3) is 0.571. The summed E-state index contributed by atoms with van der Waals surface area (Å²) in [6.07, 6.45) is 2.64.